The molecule has 1 aromatic heterocycles. The van der Waals surface area contributed by atoms with Crippen molar-refractivity contribution in [2.24, 2.45) is 0 Å². The van der Waals surface area contributed by atoms with E-state index < -0.39 is 12.1 Å². The monoisotopic (exact) mass is 570 g/mol. The predicted molar refractivity (Wildman–Crippen MR) is 151 cm³/mol. The number of amides is 1. The molecule has 0 bridgehead atoms. The van der Waals surface area contributed by atoms with Gasteiger partial charge in [0.15, 0.2) is 5.75 Å². The standard InChI is InChI=1S/C29H25Cl3N2O4/c1-16(17-6-8-18(9-7-17)28(35)38-27-14-24(31)23(30)13-25(27)32)22-15-33-26-11-10-19(12-21(22)26)34-29(36)37-20-4-2-3-5-20/h6-16,20,33H,2-5H2,1H3,(H,34,36). The number of nitrogens with one attached hydrogen (secondary N) is 2. The molecule has 4 aromatic rings. The fourth-order valence-corrected chi connectivity index (χ4v) is 5.29. The Balaban J connectivity index is 1.29. The number of esters is 1. The first-order valence-electron chi connectivity index (χ1n) is 12.3. The number of carbonyl (C=O) groups is 2. The van der Waals surface area contributed by atoms with Gasteiger partial charge in [-0.1, -0.05) is 53.9 Å². The third-order valence-electron chi connectivity index (χ3n) is 6.83. The van der Waals surface area contributed by atoms with Crippen LogP contribution < -0.4 is 10.1 Å². The largest absolute Gasteiger partial charge is 0.446 e. The molecule has 38 heavy (non-hydrogen) atoms. The highest BCUT2D eigenvalue weighted by Gasteiger charge is 2.20. The topological polar surface area (TPSA) is 80.4 Å². The van der Waals surface area contributed by atoms with E-state index in [-0.39, 0.29) is 32.8 Å². The van der Waals surface area contributed by atoms with Crippen LogP contribution in [0.3, 0.4) is 0 Å². The first kappa shape index (κ1) is 26.4. The molecule has 1 aliphatic rings. The number of ether oxygens (including phenoxy) is 2. The second kappa shape index (κ2) is 11.3. The maximum atomic E-state index is 12.7. The van der Waals surface area contributed by atoms with Gasteiger partial charge in [-0.25, -0.2) is 9.59 Å². The number of aromatic nitrogens is 1. The third kappa shape index (κ3) is 5.78. The molecule has 196 valence electrons. The number of aromatic amines is 1. The lowest BCUT2D eigenvalue weighted by Gasteiger charge is -2.14. The van der Waals surface area contributed by atoms with Crippen molar-refractivity contribution in [3.05, 3.63) is 92.6 Å². The maximum absolute atomic E-state index is 12.7. The van der Waals surface area contributed by atoms with Gasteiger partial charge in [-0.2, -0.15) is 0 Å². The number of H-pyrrole nitrogens is 1. The van der Waals surface area contributed by atoms with E-state index in [1.807, 2.05) is 36.5 Å². The molecule has 0 radical (unpaired) electrons. The summed E-state index contributed by atoms with van der Waals surface area (Å²) in [5.41, 5.74) is 4.07. The first-order valence-corrected chi connectivity index (χ1v) is 13.5. The predicted octanol–water partition coefficient (Wildman–Crippen LogP) is 8.99. The van der Waals surface area contributed by atoms with Crippen LogP contribution in [-0.4, -0.2) is 23.2 Å². The quantitative estimate of drug-likeness (QED) is 0.137. The zero-order chi connectivity index (χ0) is 26.8. The molecule has 1 fully saturated rings. The van der Waals surface area contributed by atoms with E-state index in [0.29, 0.717) is 11.3 Å². The van der Waals surface area contributed by atoms with Gasteiger partial charge in [-0.05, 0) is 73.2 Å². The lowest BCUT2D eigenvalue weighted by atomic mass is 9.92. The van der Waals surface area contributed by atoms with Gasteiger partial charge in [-0.3, -0.25) is 5.32 Å². The molecular formula is C29H25Cl3N2O4. The van der Waals surface area contributed by atoms with Crippen molar-refractivity contribution >= 4 is 63.5 Å². The molecule has 1 unspecified atom stereocenters. The van der Waals surface area contributed by atoms with E-state index in [1.54, 1.807) is 12.1 Å². The highest BCUT2D eigenvalue weighted by atomic mass is 35.5. The smallest absolute Gasteiger partial charge is 0.411 e. The molecule has 5 rings (SSSR count). The normalized spacial score (nSPS) is 14.4. The van der Waals surface area contributed by atoms with Crippen molar-refractivity contribution in [1.82, 2.24) is 4.98 Å². The van der Waals surface area contributed by atoms with Crippen LogP contribution in [0.25, 0.3) is 10.9 Å². The lowest BCUT2D eigenvalue weighted by Crippen LogP contribution is -2.20. The van der Waals surface area contributed by atoms with Crippen molar-refractivity contribution in [2.75, 3.05) is 5.32 Å². The van der Waals surface area contributed by atoms with E-state index in [2.05, 4.69) is 17.2 Å². The van der Waals surface area contributed by atoms with Crippen LogP contribution in [-0.2, 0) is 4.74 Å². The summed E-state index contributed by atoms with van der Waals surface area (Å²) in [4.78, 5) is 28.3. The Hall–Kier alpha value is -3.19. The summed E-state index contributed by atoms with van der Waals surface area (Å²) in [6, 6.07) is 15.8. The van der Waals surface area contributed by atoms with Gasteiger partial charge in [0.1, 0.15) is 6.10 Å². The Kier molecular flexibility index (Phi) is 7.84. The molecule has 0 aliphatic heterocycles. The van der Waals surface area contributed by atoms with Gasteiger partial charge in [-0.15, -0.1) is 0 Å². The van der Waals surface area contributed by atoms with E-state index >= 15 is 0 Å². The molecule has 9 heteroatoms. The molecule has 0 saturated heterocycles. The summed E-state index contributed by atoms with van der Waals surface area (Å²) >= 11 is 18.1. The molecule has 1 aliphatic carbocycles. The Morgan fingerprint density at radius 2 is 1.66 bits per heavy atom. The third-order valence-corrected chi connectivity index (χ3v) is 7.84. The van der Waals surface area contributed by atoms with E-state index in [0.717, 1.165) is 47.7 Å². The number of hydrogen-bond donors (Lipinski definition) is 2. The number of benzene rings is 3. The second-order valence-corrected chi connectivity index (χ2v) is 10.6. The molecule has 1 amide bonds. The van der Waals surface area contributed by atoms with Gasteiger partial charge < -0.3 is 14.5 Å². The zero-order valence-electron chi connectivity index (χ0n) is 20.5. The highest BCUT2D eigenvalue weighted by Crippen LogP contribution is 2.35. The molecule has 1 atom stereocenters. The average molecular weight is 572 g/mol. The van der Waals surface area contributed by atoms with E-state index in [9.17, 15) is 9.59 Å². The molecule has 2 N–H and O–H groups in total. The zero-order valence-corrected chi connectivity index (χ0v) is 22.8. The van der Waals surface area contributed by atoms with E-state index in [1.165, 1.54) is 12.1 Å². The number of hydrogen-bond acceptors (Lipinski definition) is 4. The van der Waals surface area contributed by atoms with Crippen LogP contribution in [0.1, 0.15) is 60.0 Å². The number of carbonyl (C=O) groups excluding carboxylic acids is 2. The van der Waals surface area contributed by atoms with Crippen LogP contribution in [0.2, 0.25) is 15.1 Å². The summed E-state index contributed by atoms with van der Waals surface area (Å²) in [7, 11) is 0. The Labute approximate surface area is 235 Å². The van der Waals surface area contributed by atoms with Crippen LogP contribution in [0, 0.1) is 0 Å². The van der Waals surface area contributed by atoms with Crippen molar-refractivity contribution in [3.63, 3.8) is 0 Å². The molecule has 3 aromatic carbocycles. The van der Waals surface area contributed by atoms with E-state index in [4.69, 9.17) is 44.3 Å². The van der Waals surface area contributed by atoms with Gasteiger partial charge >= 0.3 is 12.1 Å². The van der Waals surface area contributed by atoms with Crippen LogP contribution in [0.4, 0.5) is 10.5 Å². The SMILES string of the molecule is CC(c1ccc(C(=O)Oc2cc(Cl)c(Cl)cc2Cl)cc1)c1c[nH]c2ccc(NC(=O)OC3CCCC3)cc12. The van der Waals surface area contributed by atoms with Crippen LogP contribution in [0.15, 0.2) is 60.8 Å². The molecule has 0 spiro atoms. The van der Waals surface area contributed by atoms with Gasteiger partial charge in [0.05, 0.1) is 20.6 Å². The summed E-state index contributed by atoms with van der Waals surface area (Å²) in [6.07, 6.45) is 5.58. The van der Waals surface area contributed by atoms with Gasteiger partial charge in [0.2, 0.25) is 0 Å². The van der Waals surface area contributed by atoms with Crippen molar-refractivity contribution < 1.29 is 19.1 Å². The lowest BCUT2D eigenvalue weighted by molar-refractivity contribution is 0.0734. The van der Waals surface area contributed by atoms with Crippen LogP contribution in [0.5, 0.6) is 5.75 Å². The van der Waals surface area contributed by atoms with Crippen molar-refractivity contribution in [2.45, 2.75) is 44.6 Å². The summed E-state index contributed by atoms with van der Waals surface area (Å²) in [6.45, 7) is 2.08. The fraction of sp³-hybridized carbons (Fsp3) is 0.241. The minimum absolute atomic E-state index is 0.00260. The highest BCUT2D eigenvalue weighted by molar-refractivity contribution is 6.43. The van der Waals surface area contributed by atoms with Crippen LogP contribution >= 0.6 is 34.8 Å². The second-order valence-electron chi connectivity index (χ2n) is 9.37. The molecule has 1 heterocycles. The minimum Gasteiger partial charge on any atom is -0.446 e. The Bertz CT molecular complexity index is 1490. The van der Waals surface area contributed by atoms with Gasteiger partial charge in [0, 0.05) is 34.8 Å². The minimum atomic E-state index is -0.559. The Morgan fingerprint density at radius 3 is 2.39 bits per heavy atom. The molecule has 6 nitrogen and oxygen atoms in total. The number of anilines is 1. The molecule has 1 saturated carbocycles. The summed E-state index contributed by atoms with van der Waals surface area (Å²) in [5, 5.41) is 4.56. The number of halogens is 3. The molecular weight excluding hydrogens is 547 g/mol. The summed E-state index contributed by atoms with van der Waals surface area (Å²) in [5.74, 6) is -0.408. The fourth-order valence-electron chi connectivity index (χ4n) is 4.71. The Morgan fingerprint density at radius 1 is 0.947 bits per heavy atom. The number of fused-ring (bicyclic) bond motifs is 1. The van der Waals surface area contributed by atoms with Crippen molar-refractivity contribution in [1.29, 1.82) is 0 Å². The average Bonchev–Trinajstić information content (AvgIpc) is 3.56. The van der Waals surface area contributed by atoms with Crippen molar-refractivity contribution in [3.8, 4) is 5.75 Å². The summed E-state index contributed by atoms with van der Waals surface area (Å²) < 4.78 is 10.9. The first-order chi connectivity index (χ1) is 18.3. The van der Waals surface area contributed by atoms with Gasteiger partial charge in [0.25, 0.3) is 0 Å². The number of rotatable bonds is 6. The maximum Gasteiger partial charge on any atom is 0.411 e.